The lowest BCUT2D eigenvalue weighted by atomic mass is 10.2. The van der Waals surface area contributed by atoms with Gasteiger partial charge in [0, 0.05) is 11.2 Å². The van der Waals surface area contributed by atoms with E-state index in [9.17, 15) is 13.6 Å². The SMILES string of the molecule is O=C(Nc1cnn(Cc2cc(OCc3ccccc3)ccc2Cl)c1)c1c(F)cccc1F. The summed E-state index contributed by atoms with van der Waals surface area (Å²) in [7, 11) is 0. The molecule has 1 N–H and O–H groups in total. The third-order valence-electron chi connectivity index (χ3n) is 4.68. The largest absolute Gasteiger partial charge is 0.489 e. The summed E-state index contributed by atoms with van der Waals surface area (Å²) in [5.41, 5.74) is 1.46. The number of amides is 1. The Kier molecular flexibility index (Phi) is 6.47. The average Bonchev–Trinajstić information content (AvgIpc) is 3.21. The number of nitrogens with one attached hydrogen (secondary N) is 1. The molecule has 1 aromatic heterocycles. The van der Waals surface area contributed by atoms with E-state index < -0.39 is 23.1 Å². The highest BCUT2D eigenvalue weighted by molar-refractivity contribution is 6.31. The molecule has 4 rings (SSSR count). The Balaban J connectivity index is 1.43. The minimum absolute atomic E-state index is 0.297. The smallest absolute Gasteiger partial charge is 0.261 e. The molecule has 162 valence electrons. The van der Waals surface area contributed by atoms with Crippen LogP contribution in [0.2, 0.25) is 5.02 Å². The normalized spacial score (nSPS) is 10.7. The van der Waals surface area contributed by atoms with Gasteiger partial charge in [0.25, 0.3) is 5.91 Å². The van der Waals surface area contributed by atoms with E-state index in [4.69, 9.17) is 16.3 Å². The van der Waals surface area contributed by atoms with Crippen molar-refractivity contribution in [2.45, 2.75) is 13.2 Å². The Hall–Kier alpha value is -3.71. The van der Waals surface area contributed by atoms with Gasteiger partial charge in [0.15, 0.2) is 0 Å². The summed E-state index contributed by atoms with van der Waals surface area (Å²) in [5, 5.41) is 7.17. The van der Waals surface area contributed by atoms with Crippen molar-refractivity contribution < 1.29 is 18.3 Å². The first-order chi connectivity index (χ1) is 15.5. The van der Waals surface area contributed by atoms with Crippen LogP contribution >= 0.6 is 11.6 Å². The van der Waals surface area contributed by atoms with Crippen LogP contribution in [0.25, 0.3) is 0 Å². The van der Waals surface area contributed by atoms with E-state index in [0.717, 1.165) is 23.3 Å². The van der Waals surface area contributed by atoms with E-state index in [1.807, 2.05) is 36.4 Å². The average molecular weight is 454 g/mol. The van der Waals surface area contributed by atoms with Crippen LogP contribution in [0, 0.1) is 11.6 Å². The van der Waals surface area contributed by atoms with Crippen LogP contribution in [0.15, 0.2) is 79.1 Å². The summed E-state index contributed by atoms with van der Waals surface area (Å²) in [6, 6.07) is 18.4. The van der Waals surface area contributed by atoms with E-state index in [1.54, 1.807) is 23.0 Å². The Labute approximate surface area is 188 Å². The molecular formula is C24H18ClF2N3O2. The Morgan fingerprint density at radius 3 is 2.53 bits per heavy atom. The number of nitrogens with zero attached hydrogens (tertiary/aromatic N) is 2. The van der Waals surface area contributed by atoms with Crippen molar-refractivity contribution >= 4 is 23.2 Å². The van der Waals surface area contributed by atoms with Gasteiger partial charge < -0.3 is 10.1 Å². The third kappa shape index (κ3) is 5.12. The van der Waals surface area contributed by atoms with Crippen molar-refractivity contribution in [3.05, 3.63) is 112 Å². The van der Waals surface area contributed by atoms with Crippen LogP contribution in [0.3, 0.4) is 0 Å². The second-order valence-electron chi connectivity index (χ2n) is 7.00. The van der Waals surface area contributed by atoms with Crippen molar-refractivity contribution in [2.24, 2.45) is 0 Å². The van der Waals surface area contributed by atoms with Gasteiger partial charge in [-0.3, -0.25) is 9.48 Å². The maximum Gasteiger partial charge on any atom is 0.261 e. The summed E-state index contributed by atoms with van der Waals surface area (Å²) in [4.78, 5) is 12.2. The molecule has 8 heteroatoms. The number of hydrogen-bond acceptors (Lipinski definition) is 3. The van der Waals surface area contributed by atoms with Crippen LogP contribution in [-0.2, 0) is 13.2 Å². The molecule has 32 heavy (non-hydrogen) atoms. The van der Waals surface area contributed by atoms with E-state index in [1.165, 1.54) is 12.3 Å². The van der Waals surface area contributed by atoms with Gasteiger partial charge in [-0.25, -0.2) is 8.78 Å². The van der Waals surface area contributed by atoms with Crippen molar-refractivity contribution in [1.82, 2.24) is 9.78 Å². The molecule has 0 saturated heterocycles. The van der Waals surface area contributed by atoms with Gasteiger partial charge in [0.1, 0.15) is 29.6 Å². The zero-order chi connectivity index (χ0) is 22.5. The van der Waals surface area contributed by atoms with Crippen LogP contribution in [0.4, 0.5) is 14.5 Å². The van der Waals surface area contributed by atoms with E-state index in [0.29, 0.717) is 29.6 Å². The van der Waals surface area contributed by atoms with Gasteiger partial charge in [-0.1, -0.05) is 48.0 Å². The first-order valence-corrected chi connectivity index (χ1v) is 10.1. The molecule has 0 radical (unpaired) electrons. The highest BCUT2D eigenvalue weighted by atomic mass is 35.5. The molecule has 0 aliphatic carbocycles. The van der Waals surface area contributed by atoms with Crippen LogP contribution in [-0.4, -0.2) is 15.7 Å². The van der Waals surface area contributed by atoms with E-state index in [2.05, 4.69) is 10.4 Å². The quantitative estimate of drug-likeness (QED) is 0.391. The van der Waals surface area contributed by atoms with Crippen molar-refractivity contribution in [3.63, 3.8) is 0 Å². The molecule has 0 bridgehead atoms. The van der Waals surface area contributed by atoms with Crippen molar-refractivity contribution in [2.75, 3.05) is 5.32 Å². The fourth-order valence-electron chi connectivity index (χ4n) is 3.10. The predicted octanol–water partition coefficient (Wildman–Crippen LogP) is 5.69. The molecule has 0 fully saturated rings. The van der Waals surface area contributed by atoms with E-state index >= 15 is 0 Å². The number of ether oxygens (including phenoxy) is 1. The summed E-state index contributed by atoms with van der Waals surface area (Å²) in [5.74, 6) is -2.11. The van der Waals surface area contributed by atoms with Crippen molar-refractivity contribution in [3.8, 4) is 5.75 Å². The van der Waals surface area contributed by atoms with Crippen LogP contribution < -0.4 is 10.1 Å². The molecule has 0 atom stereocenters. The first-order valence-electron chi connectivity index (χ1n) is 9.72. The summed E-state index contributed by atoms with van der Waals surface area (Å²) >= 11 is 6.32. The first kappa shape index (κ1) is 21.5. The maximum absolute atomic E-state index is 13.8. The molecule has 0 aliphatic rings. The number of anilines is 1. The molecular weight excluding hydrogens is 436 g/mol. The zero-order valence-electron chi connectivity index (χ0n) is 16.8. The van der Waals surface area contributed by atoms with Gasteiger partial charge in [0.05, 0.1) is 18.4 Å². The number of benzene rings is 3. The number of carbonyl (C=O) groups excluding carboxylic acids is 1. The second-order valence-corrected chi connectivity index (χ2v) is 7.41. The van der Waals surface area contributed by atoms with Crippen LogP contribution in [0.5, 0.6) is 5.75 Å². The number of carbonyl (C=O) groups is 1. The lowest BCUT2D eigenvalue weighted by molar-refractivity contribution is 0.101. The molecule has 0 unspecified atom stereocenters. The highest BCUT2D eigenvalue weighted by Crippen LogP contribution is 2.24. The zero-order valence-corrected chi connectivity index (χ0v) is 17.5. The van der Waals surface area contributed by atoms with Gasteiger partial charge in [-0.05, 0) is 41.5 Å². The van der Waals surface area contributed by atoms with Crippen molar-refractivity contribution in [1.29, 1.82) is 0 Å². The fraction of sp³-hybridized carbons (Fsp3) is 0.0833. The molecule has 5 nitrogen and oxygen atoms in total. The number of hydrogen-bond donors (Lipinski definition) is 1. The molecule has 4 aromatic rings. The Bertz CT molecular complexity index is 1220. The van der Waals surface area contributed by atoms with Gasteiger partial charge in [-0.2, -0.15) is 5.10 Å². The standard InChI is InChI=1S/C24H18ClF2N3O2/c25-20-10-9-19(32-15-16-5-2-1-3-6-16)11-17(20)13-30-14-18(12-28-30)29-24(31)23-21(26)7-4-8-22(23)27/h1-12,14H,13,15H2,(H,29,31). The maximum atomic E-state index is 13.8. The number of rotatable bonds is 7. The van der Waals surface area contributed by atoms with Gasteiger partial charge in [0.2, 0.25) is 0 Å². The summed E-state index contributed by atoms with van der Waals surface area (Å²) in [6.45, 7) is 0.734. The topological polar surface area (TPSA) is 56.2 Å². The predicted molar refractivity (Wildman–Crippen MR) is 118 cm³/mol. The minimum atomic E-state index is -0.936. The molecule has 0 aliphatic heterocycles. The van der Waals surface area contributed by atoms with E-state index in [-0.39, 0.29) is 0 Å². The summed E-state index contributed by atoms with van der Waals surface area (Å²) in [6.07, 6.45) is 2.94. The second kappa shape index (κ2) is 9.62. The fourth-order valence-corrected chi connectivity index (χ4v) is 3.28. The lowest BCUT2D eigenvalue weighted by Gasteiger charge is -2.10. The molecule has 0 spiro atoms. The Morgan fingerprint density at radius 2 is 1.78 bits per heavy atom. The Morgan fingerprint density at radius 1 is 1.03 bits per heavy atom. The van der Waals surface area contributed by atoms with Crippen LogP contribution in [0.1, 0.15) is 21.5 Å². The molecule has 1 amide bonds. The van der Waals surface area contributed by atoms with Gasteiger partial charge >= 0.3 is 0 Å². The monoisotopic (exact) mass is 453 g/mol. The minimum Gasteiger partial charge on any atom is -0.489 e. The molecule has 3 aromatic carbocycles. The van der Waals surface area contributed by atoms with Gasteiger partial charge in [-0.15, -0.1) is 0 Å². The number of halogens is 3. The molecule has 0 saturated carbocycles. The molecule has 1 heterocycles. The lowest BCUT2D eigenvalue weighted by Crippen LogP contribution is -2.15. The third-order valence-corrected chi connectivity index (χ3v) is 5.05. The number of aromatic nitrogens is 2. The summed E-state index contributed by atoms with van der Waals surface area (Å²) < 4.78 is 35.0. The highest BCUT2D eigenvalue weighted by Gasteiger charge is 2.17.